The van der Waals surface area contributed by atoms with Gasteiger partial charge in [0.25, 0.3) is 0 Å². The van der Waals surface area contributed by atoms with Crippen LogP contribution in [0.25, 0.3) is 0 Å². The Morgan fingerprint density at radius 1 is 0.857 bits per heavy atom. The van der Waals surface area contributed by atoms with Gasteiger partial charge in [-0.2, -0.15) is 0 Å². The number of quaternary nitrogens is 1. The molecule has 0 aromatic heterocycles. The van der Waals surface area contributed by atoms with Gasteiger partial charge in [-0.25, -0.2) is 4.79 Å². The molecule has 6 rings (SSSR count). The molecule has 1 aliphatic carbocycles. The Balaban J connectivity index is 0.00000113. The molecular formula is C34H43NO7. The minimum absolute atomic E-state index is 0.0403. The number of esters is 2. The lowest BCUT2D eigenvalue weighted by atomic mass is 9.85. The third kappa shape index (κ3) is 5.97. The Bertz CT molecular complexity index is 1140. The van der Waals surface area contributed by atoms with Gasteiger partial charge in [0.05, 0.1) is 25.2 Å². The lowest BCUT2D eigenvalue weighted by Crippen LogP contribution is -2.60. The van der Waals surface area contributed by atoms with Crippen molar-refractivity contribution in [3.05, 3.63) is 71.8 Å². The van der Waals surface area contributed by atoms with Gasteiger partial charge in [0.2, 0.25) is 11.9 Å². The van der Waals surface area contributed by atoms with Crippen LogP contribution >= 0.6 is 0 Å². The van der Waals surface area contributed by atoms with E-state index in [4.69, 9.17) is 24.1 Å². The molecule has 3 heterocycles. The molecule has 3 aliphatic heterocycles. The number of rotatable bonds is 8. The van der Waals surface area contributed by atoms with Crippen molar-refractivity contribution in [2.45, 2.75) is 101 Å². The largest absolute Gasteiger partial charge is 0.554 e. The highest BCUT2D eigenvalue weighted by Crippen LogP contribution is 2.47. The maximum Gasteiger partial charge on any atom is 0.348 e. The van der Waals surface area contributed by atoms with E-state index in [0.717, 1.165) is 38.5 Å². The van der Waals surface area contributed by atoms with E-state index >= 15 is 0 Å². The zero-order valence-electron chi connectivity index (χ0n) is 24.5. The summed E-state index contributed by atoms with van der Waals surface area (Å²) in [7, 11) is 0. The van der Waals surface area contributed by atoms with Crippen LogP contribution in [0.3, 0.4) is 0 Å². The molecule has 8 nitrogen and oxygen atoms in total. The summed E-state index contributed by atoms with van der Waals surface area (Å²) in [6.07, 6.45) is 9.88. The Kier molecular flexibility index (Phi) is 9.63. The van der Waals surface area contributed by atoms with Crippen LogP contribution in [0.15, 0.2) is 60.7 Å². The molecule has 8 heteroatoms. The number of hydrogen-bond donors (Lipinski definition) is 0. The molecule has 0 amide bonds. The van der Waals surface area contributed by atoms with Crippen molar-refractivity contribution in [3.8, 4) is 0 Å². The van der Waals surface area contributed by atoms with E-state index in [1.54, 1.807) is 0 Å². The zero-order chi connectivity index (χ0) is 29.6. The highest BCUT2D eigenvalue weighted by atomic mass is 16.7. The number of carboxylic acid groups (broad SMARTS) is 1. The molecule has 0 N–H and O–H groups in total. The minimum atomic E-state index is -1.54. The number of piperidine rings is 1. The van der Waals surface area contributed by atoms with Gasteiger partial charge in [0.1, 0.15) is 6.10 Å². The van der Waals surface area contributed by atoms with Gasteiger partial charge in [-0.1, -0.05) is 73.5 Å². The quantitative estimate of drug-likeness (QED) is 0.200. The first kappa shape index (κ1) is 30.2. The maximum absolute atomic E-state index is 14.6. The molecule has 4 aliphatic rings. The molecule has 4 fully saturated rings. The summed E-state index contributed by atoms with van der Waals surface area (Å²) < 4.78 is 20.4. The average molecular weight is 578 g/mol. The van der Waals surface area contributed by atoms with E-state index in [-0.39, 0.29) is 12.0 Å². The summed E-state index contributed by atoms with van der Waals surface area (Å²) in [6, 6.07) is 20.4. The molecule has 42 heavy (non-hydrogen) atoms. The summed E-state index contributed by atoms with van der Waals surface area (Å²) in [5, 5.41) is 8.25. The SMILES string of the molecule is CC(=O)OC(OC(C(=O)OC1CC2CCC(C1)[N+]21CCCC1)(c1ccccc1)c1ccccc1)C1CCCC1.O=C[O-]. The molecular weight excluding hydrogens is 534 g/mol. The van der Waals surface area contributed by atoms with Crippen LogP contribution in [0.2, 0.25) is 0 Å². The predicted octanol–water partition coefficient (Wildman–Crippen LogP) is 4.24. The van der Waals surface area contributed by atoms with Crippen LogP contribution in [0.1, 0.15) is 82.3 Å². The number of carbonyl (C=O) groups excluding carboxylic acids is 3. The van der Waals surface area contributed by atoms with E-state index in [9.17, 15) is 9.59 Å². The highest BCUT2D eigenvalue weighted by molar-refractivity contribution is 5.86. The predicted molar refractivity (Wildman–Crippen MR) is 153 cm³/mol. The Hall–Kier alpha value is -3.23. The fourth-order valence-corrected chi connectivity index (χ4v) is 8.26. The van der Waals surface area contributed by atoms with Crippen LogP contribution in [-0.2, 0) is 34.2 Å². The molecule has 1 spiro atoms. The smallest absolute Gasteiger partial charge is 0.348 e. The number of benzene rings is 2. The highest BCUT2D eigenvalue weighted by Gasteiger charge is 2.57. The van der Waals surface area contributed by atoms with Gasteiger partial charge in [-0.15, -0.1) is 0 Å². The average Bonchev–Trinajstić information content (AvgIpc) is 3.74. The van der Waals surface area contributed by atoms with Gasteiger partial charge in [-0.3, -0.25) is 4.79 Å². The van der Waals surface area contributed by atoms with Crippen LogP contribution < -0.4 is 5.11 Å². The van der Waals surface area contributed by atoms with E-state index in [2.05, 4.69) is 0 Å². The van der Waals surface area contributed by atoms with Crippen molar-refractivity contribution in [2.24, 2.45) is 5.92 Å². The second-order valence-electron chi connectivity index (χ2n) is 12.3. The Labute approximate surface area is 248 Å². The lowest BCUT2D eigenvalue weighted by molar-refractivity contribution is -0.956. The molecule has 3 atom stereocenters. The van der Waals surface area contributed by atoms with Gasteiger partial charge in [0, 0.05) is 57.8 Å². The van der Waals surface area contributed by atoms with Crippen LogP contribution in [-0.4, -0.2) is 60.5 Å². The van der Waals surface area contributed by atoms with Crippen LogP contribution in [0.5, 0.6) is 0 Å². The fourth-order valence-electron chi connectivity index (χ4n) is 8.26. The summed E-state index contributed by atoms with van der Waals surface area (Å²) in [5.74, 6) is -0.772. The van der Waals surface area contributed by atoms with Crippen LogP contribution in [0.4, 0.5) is 0 Å². The number of carbonyl (C=O) groups is 3. The van der Waals surface area contributed by atoms with E-state index < -0.39 is 30.3 Å². The van der Waals surface area contributed by atoms with Crippen molar-refractivity contribution in [3.63, 3.8) is 0 Å². The molecule has 2 bridgehead atoms. The van der Waals surface area contributed by atoms with Gasteiger partial charge >= 0.3 is 11.9 Å². The van der Waals surface area contributed by atoms with Crippen LogP contribution in [0, 0.1) is 5.92 Å². The van der Waals surface area contributed by atoms with Gasteiger partial charge < -0.3 is 28.6 Å². The van der Waals surface area contributed by atoms with Gasteiger partial charge in [-0.05, 0) is 24.0 Å². The summed E-state index contributed by atoms with van der Waals surface area (Å²) in [6.45, 7) is 3.47. The standard InChI is InChI=1S/C33H42NO5.CH2O2/c1-24(35)37-31(25-12-8-9-13-25)39-33(26-14-4-2-5-15-26,27-16-6-3-7-17-27)32(36)38-30-22-28-18-19-29(23-30)34(28)20-10-11-21-34;2-1-3/h2-7,14-17,25,28-31H,8-13,18-23H2,1H3;1H,(H,2,3)/q+1;/p-1. The molecule has 1 saturated carbocycles. The lowest BCUT2D eigenvalue weighted by Gasteiger charge is -2.47. The zero-order valence-corrected chi connectivity index (χ0v) is 24.5. The molecule has 0 radical (unpaired) electrons. The van der Waals surface area contributed by atoms with Crippen molar-refractivity contribution in [1.82, 2.24) is 0 Å². The Morgan fingerprint density at radius 3 is 1.83 bits per heavy atom. The molecule has 3 saturated heterocycles. The van der Waals surface area contributed by atoms with E-state index in [0.29, 0.717) is 23.2 Å². The van der Waals surface area contributed by atoms with E-state index in [1.165, 1.54) is 50.2 Å². The molecule has 226 valence electrons. The number of ether oxygens (including phenoxy) is 3. The summed E-state index contributed by atoms with van der Waals surface area (Å²) >= 11 is 0. The second-order valence-corrected chi connectivity index (χ2v) is 12.3. The normalized spacial score (nSPS) is 25.3. The summed E-state index contributed by atoms with van der Waals surface area (Å²) in [5.41, 5.74) is -0.155. The number of hydrogen-bond acceptors (Lipinski definition) is 7. The van der Waals surface area contributed by atoms with Crippen molar-refractivity contribution in [2.75, 3.05) is 13.1 Å². The van der Waals surface area contributed by atoms with Gasteiger partial charge in [0.15, 0.2) is 0 Å². The topological polar surface area (TPSA) is 102 Å². The number of nitrogens with zero attached hydrogens (tertiary/aromatic N) is 1. The monoisotopic (exact) mass is 577 g/mol. The third-order valence-electron chi connectivity index (χ3n) is 10.0. The fraction of sp³-hybridized carbons (Fsp3) is 0.559. The minimum Gasteiger partial charge on any atom is -0.554 e. The molecule has 2 aromatic rings. The van der Waals surface area contributed by atoms with Crippen molar-refractivity contribution >= 4 is 18.4 Å². The second kappa shape index (κ2) is 13.4. The maximum atomic E-state index is 14.6. The first-order chi connectivity index (χ1) is 20.4. The third-order valence-corrected chi connectivity index (χ3v) is 10.0. The molecule has 3 unspecified atom stereocenters. The van der Waals surface area contributed by atoms with E-state index in [1.807, 2.05) is 60.7 Å². The molecule has 2 aromatic carbocycles. The van der Waals surface area contributed by atoms with Crippen molar-refractivity contribution in [1.29, 1.82) is 0 Å². The first-order valence-electron chi connectivity index (χ1n) is 15.5. The first-order valence-corrected chi connectivity index (χ1v) is 15.5. The van der Waals surface area contributed by atoms with Crippen molar-refractivity contribution < 1.29 is 38.2 Å². The Morgan fingerprint density at radius 2 is 1.36 bits per heavy atom. The summed E-state index contributed by atoms with van der Waals surface area (Å²) in [4.78, 5) is 35.1.